The first-order chi connectivity index (χ1) is 20.9. The Balaban J connectivity index is 1.30. The number of anilines is 2. The molecular formula is C33H37N7O3. The highest BCUT2D eigenvalue weighted by molar-refractivity contribution is 5.89. The van der Waals surface area contributed by atoms with Gasteiger partial charge in [-0.3, -0.25) is 4.79 Å². The number of hydrogen-bond donors (Lipinski definition) is 1. The Labute approximate surface area is 251 Å². The molecule has 10 nitrogen and oxygen atoms in total. The molecule has 1 fully saturated rings. The highest BCUT2D eigenvalue weighted by Gasteiger charge is 2.33. The lowest BCUT2D eigenvalue weighted by atomic mass is 10.1. The molecule has 0 saturated carbocycles. The molecule has 0 aliphatic carbocycles. The molecule has 1 N–H and O–H groups in total. The van der Waals surface area contributed by atoms with Crippen LogP contribution in [-0.4, -0.2) is 62.3 Å². The van der Waals surface area contributed by atoms with Gasteiger partial charge in [-0.15, -0.1) is 0 Å². The van der Waals surface area contributed by atoms with E-state index in [0.29, 0.717) is 43.5 Å². The van der Waals surface area contributed by atoms with Crippen LogP contribution in [0, 0.1) is 0 Å². The van der Waals surface area contributed by atoms with Gasteiger partial charge in [0.1, 0.15) is 0 Å². The van der Waals surface area contributed by atoms with Crippen LogP contribution in [0.2, 0.25) is 0 Å². The average Bonchev–Trinajstić information content (AvgIpc) is 3.64. The van der Waals surface area contributed by atoms with Gasteiger partial charge in [0.15, 0.2) is 28.5 Å². The van der Waals surface area contributed by atoms with E-state index in [1.54, 1.807) is 6.08 Å². The van der Waals surface area contributed by atoms with Gasteiger partial charge in [0.05, 0.1) is 6.33 Å². The minimum atomic E-state index is 0.00218. The number of nitrogens with zero attached hydrogens (tertiary/aromatic N) is 6. The maximum Gasteiger partial charge on any atom is 0.246 e. The first-order valence-corrected chi connectivity index (χ1v) is 14.6. The van der Waals surface area contributed by atoms with Crippen LogP contribution in [-0.2, 0) is 17.9 Å². The van der Waals surface area contributed by atoms with E-state index in [4.69, 9.17) is 24.4 Å². The number of rotatable bonds is 8. The molecule has 1 amide bonds. The molecule has 4 heterocycles. The Morgan fingerprint density at radius 1 is 1.02 bits per heavy atom. The molecule has 2 aliphatic heterocycles. The summed E-state index contributed by atoms with van der Waals surface area (Å²) in [5, 5.41) is 3.50. The number of aromatic nitrogens is 4. The molecule has 2 unspecified atom stereocenters. The third kappa shape index (κ3) is 6.18. The monoisotopic (exact) mass is 579 g/mol. The molecule has 2 aliphatic rings. The summed E-state index contributed by atoms with van der Waals surface area (Å²) in [6.07, 6.45) is 7.73. The summed E-state index contributed by atoms with van der Waals surface area (Å²) >= 11 is 0. The Morgan fingerprint density at radius 2 is 1.84 bits per heavy atom. The summed E-state index contributed by atoms with van der Waals surface area (Å²) in [6.45, 7) is 10.7. The lowest BCUT2D eigenvalue weighted by Crippen LogP contribution is -2.58. The molecule has 1 saturated heterocycles. The Hall–Kier alpha value is -4.86. The summed E-state index contributed by atoms with van der Waals surface area (Å²) in [4.78, 5) is 31.8. The summed E-state index contributed by atoms with van der Waals surface area (Å²) in [6, 6.07) is 16.2. The van der Waals surface area contributed by atoms with Crippen LogP contribution < -0.4 is 19.7 Å². The summed E-state index contributed by atoms with van der Waals surface area (Å²) in [5.74, 6) is 2.81. The van der Waals surface area contributed by atoms with Crippen molar-refractivity contribution in [3.63, 3.8) is 0 Å². The maximum absolute atomic E-state index is 12.9. The molecule has 6 rings (SSSR count). The lowest BCUT2D eigenvalue weighted by molar-refractivity contribution is -0.128. The van der Waals surface area contributed by atoms with Crippen molar-refractivity contribution in [1.29, 1.82) is 0 Å². The third-order valence-electron chi connectivity index (χ3n) is 7.70. The molecule has 2 aromatic heterocycles. The van der Waals surface area contributed by atoms with Crippen molar-refractivity contribution in [3.05, 3.63) is 83.7 Å². The van der Waals surface area contributed by atoms with Crippen molar-refractivity contribution in [2.45, 2.75) is 52.9 Å². The van der Waals surface area contributed by atoms with Gasteiger partial charge < -0.3 is 29.2 Å². The number of carbonyl (C=O) groups excluding carboxylic acids is 1. The van der Waals surface area contributed by atoms with Gasteiger partial charge in [0.25, 0.3) is 0 Å². The molecule has 0 bridgehead atoms. The van der Waals surface area contributed by atoms with E-state index in [1.165, 1.54) is 0 Å². The Bertz CT molecular complexity index is 1680. The largest absolute Gasteiger partial charge is 0.454 e. The quantitative estimate of drug-likeness (QED) is 0.282. The summed E-state index contributed by atoms with van der Waals surface area (Å²) in [5.41, 5.74) is 4.62. The van der Waals surface area contributed by atoms with Gasteiger partial charge in [-0.05, 0) is 51.0 Å². The van der Waals surface area contributed by atoms with Crippen molar-refractivity contribution in [2.75, 3.05) is 30.1 Å². The number of fused-ring (bicyclic) bond motifs is 2. The Kier molecular flexibility index (Phi) is 8.00. The van der Waals surface area contributed by atoms with Crippen LogP contribution in [0.3, 0.4) is 0 Å². The molecule has 2 aromatic carbocycles. The van der Waals surface area contributed by atoms with Crippen LogP contribution in [0.25, 0.3) is 17.2 Å². The van der Waals surface area contributed by atoms with E-state index in [2.05, 4.69) is 48.3 Å². The number of ether oxygens (including phenoxy) is 2. The zero-order valence-electron chi connectivity index (χ0n) is 25.0. The molecule has 0 spiro atoms. The second-order valence-corrected chi connectivity index (χ2v) is 11.4. The van der Waals surface area contributed by atoms with Crippen molar-refractivity contribution in [3.8, 4) is 11.5 Å². The van der Waals surface area contributed by atoms with Crippen LogP contribution in [0.1, 0.15) is 38.8 Å². The minimum Gasteiger partial charge on any atom is -0.454 e. The fourth-order valence-corrected chi connectivity index (χ4v) is 5.46. The third-order valence-corrected chi connectivity index (χ3v) is 7.70. The van der Waals surface area contributed by atoms with Crippen molar-refractivity contribution >= 4 is 34.9 Å². The molecule has 222 valence electrons. The predicted molar refractivity (Wildman–Crippen MR) is 168 cm³/mol. The average molecular weight is 580 g/mol. The molecular weight excluding hydrogens is 542 g/mol. The van der Waals surface area contributed by atoms with Gasteiger partial charge in [0.2, 0.25) is 18.6 Å². The zero-order valence-corrected chi connectivity index (χ0v) is 25.0. The number of piperazine rings is 1. The van der Waals surface area contributed by atoms with E-state index < -0.39 is 0 Å². The second kappa shape index (κ2) is 12.2. The van der Waals surface area contributed by atoms with Gasteiger partial charge in [-0.25, -0.2) is 4.98 Å². The maximum atomic E-state index is 12.9. The minimum absolute atomic E-state index is 0.00218. The highest BCUT2D eigenvalue weighted by atomic mass is 16.7. The van der Waals surface area contributed by atoms with Gasteiger partial charge in [-0.2, -0.15) is 9.97 Å². The zero-order chi connectivity index (χ0) is 29.9. The van der Waals surface area contributed by atoms with Gasteiger partial charge in [-0.1, -0.05) is 54.1 Å². The van der Waals surface area contributed by atoms with E-state index in [1.807, 2.05) is 66.0 Å². The van der Waals surface area contributed by atoms with Crippen molar-refractivity contribution < 1.29 is 14.3 Å². The molecule has 4 aromatic rings. The molecule has 2 atom stereocenters. The second-order valence-electron chi connectivity index (χ2n) is 11.4. The van der Waals surface area contributed by atoms with Gasteiger partial charge >= 0.3 is 0 Å². The fraction of sp³-hybridized carbons (Fsp3) is 0.333. The topological polar surface area (TPSA) is 97.6 Å². The number of allylic oxidation sites excluding steroid dienone is 2. The summed E-state index contributed by atoms with van der Waals surface area (Å²) < 4.78 is 13.1. The first kappa shape index (κ1) is 28.3. The fourth-order valence-electron chi connectivity index (χ4n) is 5.46. The van der Waals surface area contributed by atoms with Crippen LogP contribution in [0.15, 0.2) is 72.6 Å². The van der Waals surface area contributed by atoms with Crippen LogP contribution >= 0.6 is 0 Å². The number of carbonyl (C=O) groups is 1. The van der Waals surface area contributed by atoms with Crippen LogP contribution in [0.5, 0.6) is 11.5 Å². The van der Waals surface area contributed by atoms with Gasteiger partial charge in [0, 0.05) is 44.3 Å². The number of nitrogens with one attached hydrogen (secondary N) is 1. The SMILES string of the molecule is CC(C)=CC(=O)N1CC(C)N(c2nc(NCc3ccc4c(c3)OCO4)c3ncn(CC=Cc4ccccc4)c3n2)CC1C. The van der Waals surface area contributed by atoms with E-state index in [0.717, 1.165) is 33.8 Å². The molecule has 10 heteroatoms. The van der Waals surface area contributed by atoms with E-state index in [-0.39, 0.29) is 24.8 Å². The number of imidazole rings is 1. The number of amides is 1. The normalized spacial score (nSPS) is 18.0. The highest BCUT2D eigenvalue weighted by Crippen LogP contribution is 2.33. The first-order valence-electron chi connectivity index (χ1n) is 14.6. The van der Waals surface area contributed by atoms with E-state index >= 15 is 0 Å². The molecule has 0 radical (unpaired) electrons. The number of benzene rings is 2. The summed E-state index contributed by atoms with van der Waals surface area (Å²) in [7, 11) is 0. The van der Waals surface area contributed by atoms with Crippen LogP contribution in [0.4, 0.5) is 11.8 Å². The smallest absolute Gasteiger partial charge is 0.246 e. The lowest BCUT2D eigenvalue weighted by Gasteiger charge is -2.43. The molecule has 43 heavy (non-hydrogen) atoms. The standard InChI is InChI=1S/C33H37N7O3/c1-22(2)15-29(41)39-18-24(4)40(19-23(39)3)33-36-31(34-17-26-12-13-27-28(16-26)43-21-42-27)30-32(37-33)38(20-35-30)14-8-11-25-9-6-5-7-10-25/h5-13,15-16,20,23-24H,14,17-19,21H2,1-4H3,(H,34,36,37). The Morgan fingerprint density at radius 3 is 2.65 bits per heavy atom. The van der Waals surface area contributed by atoms with E-state index in [9.17, 15) is 4.79 Å². The number of hydrogen-bond acceptors (Lipinski definition) is 8. The predicted octanol–water partition coefficient (Wildman–Crippen LogP) is 5.27. The van der Waals surface area contributed by atoms with Crippen molar-refractivity contribution in [1.82, 2.24) is 24.4 Å². The van der Waals surface area contributed by atoms with Crippen molar-refractivity contribution in [2.24, 2.45) is 0 Å².